The van der Waals surface area contributed by atoms with Crippen molar-refractivity contribution in [3.63, 3.8) is 0 Å². The highest BCUT2D eigenvalue weighted by Gasteiger charge is 2.18. The molecule has 0 unspecified atom stereocenters. The molecule has 0 aliphatic rings. The molecule has 2 aromatic rings. The van der Waals surface area contributed by atoms with E-state index in [1.807, 2.05) is 38.1 Å². The van der Waals surface area contributed by atoms with E-state index >= 15 is 0 Å². The third-order valence-electron chi connectivity index (χ3n) is 3.52. The molecule has 0 bridgehead atoms. The number of carbonyl (C=O) groups excluding carboxylic acids is 1. The number of H-pyrrole nitrogens is 1. The van der Waals surface area contributed by atoms with Crippen molar-refractivity contribution >= 4 is 5.91 Å². The second kappa shape index (κ2) is 7.04. The van der Waals surface area contributed by atoms with Crippen LogP contribution in [0.5, 0.6) is 0 Å². The van der Waals surface area contributed by atoms with Gasteiger partial charge in [0.25, 0.3) is 5.91 Å². The summed E-state index contributed by atoms with van der Waals surface area (Å²) in [6.45, 7) is 4.00. The maximum atomic E-state index is 12.4. The van der Waals surface area contributed by atoms with Crippen LogP contribution >= 0.6 is 0 Å². The lowest BCUT2D eigenvalue weighted by Gasteiger charge is -2.18. The minimum atomic E-state index is -0.206. The van der Waals surface area contributed by atoms with Gasteiger partial charge in [0, 0.05) is 12.3 Å². The summed E-state index contributed by atoms with van der Waals surface area (Å²) >= 11 is 0. The number of hydrogen-bond acceptors (Lipinski definition) is 3. The van der Waals surface area contributed by atoms with Gasteiger partial charge in [0.2, 0.25) is 0 Å². The Morgan fingerprint density at radius 2 is 2.10 bits per heavy atom. The van der Waals surface area contributed by atoms with Crippen molar-refractivity contribution in [2.75, 3.05) is 6.61 Å². The zero-order valence-corrected chi connectivity index (χ0v) is 12.4. The molecule has 0 spiro atoms. The Morgan fingerprint density at radius 3 is 2.71 bits per heavy atom. The smallest absolute Gasteiger partial charge is 0.255 e. The number of carbonyl (C=O) groups is 1. The van der Waals surface area contributed by atoms with E-state index in [2.05, 4.69) is 15.5 Å². The summed E-state index contributed by atoms with van der Waals surface area (Å²) in [6.07, 6.45) is 2.74. The summed E-state index contributed by atoms with van der Waals surface area (Å²) in [5.41, 5.74) is 3.53. The number of nitrogens with zero attached hydrogens (tertiary/aromatic N) is 1. The van der Waals surface area contributed by atoms with Crippen LogP contribution < -0.4 is 5.32 Å². The molecule has 0 aliphatic heterocycles. The maximum absolute atomic E-state index is 12.4. The van der Waals surface area contributed by atoms with Gasteiger partial charge in [-0.25, -0.2) is 0 Å². The summed E-state index contributed by atoms with van der Waals surface area (Å²) in [6, 6.07) is 7.75. The highest BCUT2D eigenvalue weighted by Crippen LogP contribution is 2.18. The number of nitrogens with one attached hydrogen (secondary N) is 2. The molecule has 0 saturated carbocycles. The molecule has 0 fully saturated rings. The van der Waals surface area contributed by atoms with Gasteiger partial charge in [-0.05, 0) is 25.3 Å². The number of aryl methyl sites for hydroxylation is 2. The van der Waals surface area contributed by atoms with Gasteiger partial charge >= 0.3 is 0 Å². The van der Waals surface area contributed by atoms with Gasteiger partial charge in [0.15, 0.2) is 0 Å². The van der Waals surface area contributed by atoms with Crippen LogP contribution in [0.4, 0.5) is 0 Å². The van der Waals surface area contributed by atoms with E-state index < -0.39 is 0 Å². The number of benzene rings is 1. The summed E-state index contributed by atoms with van der Waals surface area (Å²) in [4.78, 5) is 12.4. The van der Waals surface area contributed by atoms with Crippen molar-refractivity contribution in [3.05, 3.63) is 52.8 Å². The molecule has 5 nitrogen and oxygen atoms in total. The molecule has 1 amide bonds. The number of aliphatic hydroxyl groups excluding tert-OH is 1. The standard InChI is InChI=1S/C16H21N3O2/c1-3-14-13(10-17-19-14)16(21)18-15(8-9-20)12-6-4-11(2)5-7-12/h4-7,10,15,20H,3,8-9H2,1-2H3,(H,17,19)(H,18,21)/t15-/m0/s1. The summed E-state index contributed by atoms with van der Waals surface area (Å²) in [5.74, 6) is -0.167. The Balaban J connectivity index is 2.16. The van der Waals surface area contributed by atoms with Crippen LogP contribution in [0.1, 0.15) is 46.6 Å². The fraction of sp³-hybridized carbons (Fsp3) is 0.375. The van der Waals surface area contributed by atoms with E-state index in [-0.39, 0.29) is 18.6 Å². The van der Waals surface area contributed by atoms with Crippen LogP contribution in [-0.4, -0.2) is 27.8 Å². The summed E-state index contributed by atoms with van der Waals surface area (Å²) < 4.78 is 0. The van der Waals surface area contributed by atoms with E-state index in [4.69, 9.17) is 0 Å². The average Bonchev–Trinajstić information content (AvgIpc) is 2.96. The maximum Gasteiger partial charge on any atom is 0.255 e. The lowest BCUT2D eigenvalue weighted by molar-refractivity contribution is 0.0929. The van der Waals surface area contributed by atoms with Gasteiger partial charge in [-0.3, -0.25) is 9.89 Å². The molecule has 0 saturated heterocycles. The largest absolute Gasteiger partial charge is 0.396 e. The van der Waals surface area contributed by atoms with E-state index in [0.29, 0.717) is 12.0 Å². The first-order chi connectivity index (χ1) is 10.2. The molecule has 5 heteroatoms. The van der Waals surface area contributed by atoms with Crippen LogP contribution in [0, 0.1) is 6.92 Å². The number of amides is 1. The Kier molecular flexibility index (Phi) is 5.11. The second-order valence-corrected chi connectivity index (χ2v) is 5.06. The minimum Gasteiger partial charge on any atom is -0.396 e. The Labute approximate surface area is 124 Å². The average molecular weight is 287 g/mol. The number of aromatic amines is 1. The minimum absolute atomic E-state index is 0.0187. The molecule has 21 heavy (non-hydrogen) atoms. The molecule has 3 N–H and O–H groups in total. The van der Waals surface area contributed by atoms with Crippen molar-refractivity contribution in [1.82, 2.24) is 15.5 Å². The first-order valence-electron chi connectivity index (χ1n) is 7.16. The van der Waals surface area contributed by atoms with E-state index in [0.717, 1.165) is 23.2 Å². The van der Waals surface area contributed by atoms with Crippen molar-refractivity contribution in [3.8, 4) is 0 Å². The topological polar surface area (TPSA) is 78.0 Å². The highest BCUT2D eigenvalue weighted by molar-refractivity contribution is 5.95. The van der Waals surface area contributed by atoms with Gasteiger partial charge in [-0.2, -0.15) is 5.10 Å². The third kappa shape index (κ3) is 3.70. The molecule has 2 rings (SSSR count). The Hall–Kier alpha value is -2.14. The predicted molar refractivity (Wildman–Crippen MR) is 81.1 cm³/mol. The molecule has 1 atom stereocenters. The van der Waals surface area contributed by atoms with Gasteiger partial charge < -0.3 is 10.4 Å². The fourth-order valence-corrected chi connectivity index (χ4v) is 2.26. The van der Waals surface area contributed by atoms with Crippen molar-refractivity contribution in [2.24, 2.45) is 0 Å². The molecule has 0 aliphatic carbocycles. The summed E-state index contributed by atoms with van der Waals surface area (Å²) in [7, 11) is 0. The van der Waals surface area contributed by atoms with Crippen molar-refractivity contribution in [2.45, 2.75) is 32.7 Å². The van der Waals surface area contributed by atoms with Gasteiger partial charge in [0.05, 0.1) is 17.8 Å². The molecule has 1 heterocycles. The lowest BCUT2D eigenvalue weighted by Crippen LogP contribution is -2.29. The second-order valence-electron chi connectivity index (χ2n) is 5.06. The quantitative estimate of drug-likeness (QED) is 0.761. The zero-order valence-electron chi connectivity index (χ0n) is 12.4. The van der Waals surface area contributed by atoms with E-state index in [1.54, 1.807) is 6.20 Å². The molecule has 1 aromatic heterocycles. The van der Waals surface area contributed by atoms with Crippen molar-refractivity contribution in [1.29, 1.82) is 0 Å². The third-order valence-corrected chi connectivity index (χ3v) is 3.52. The highest BCUT2D eigenvalue weighted by atomic mass is 16.3. The number of aliphatic hydroxyl groups is 1. The molecular weight excluding hydrogens is 266 g/mol. The van der Waals surface area contributed by atoms with Gasteiger partial charge in [0.1, 0.15) is 0 Å². The van der Waals surface area contributed by atoms with Crippen LogP contribution in [0.2, 0.25) is 0 Å². The van der Waals surface area contributed by atoms with Crippen LogP contribution in [-0.2, 0) is 6.42 Å². The molecule has 1 aromatic carbocycles. The zero-order chi connectivity index (χ0) is 15.2. The number of hydrogen-bond donors (Lipinski definition) is 3. The fourth-order valence-electron chi connectivity index (χ4n) is 2.26. The molecule has 112 valence electrons. The van der Waals surface area contributed by atoms with Crippen molar-refractivity contribution < 1.29 is 9.90 Å². The van der Waals surface area contributed by atoms with Crippen LogP contribution in [0.3, 0.4) is 0 Å². The van der Waals surface area contributed by atoms with Crippen LogP contribution in [0.15, 0.2) is 30.5 Å². The normalized spacial score (nSPS) is 12.1. The lowest BCUT2D eigenvalue weighted by atomic mass is 10.0. The Bertz CT molecular complexity index is 590. The molecule has 0 radical (unpaired) electrons. The number of rotatable bonds is 6. The predicted octanol–water partition coefficient (Wildman–Crippen LogP) is 2.13. The van der Waals surface area contributed by atoms with Gasteiger partial charge in [-0.15, -0.1) is 0 Å². The molecular formula is C16H21N3O2. The number of aromatic nitrogens is 2. The summed E-state index contributed by atoms with van der Waals surface area (Å²) in [5, 5.41) is 18.9. The monoisotopic (exact) mass is 287 g/mol. The van der Waals surface area contributed by atoms with E-state index in [9.17, 15) is 9.90 Å². The SMILES string of the molecule is CCc1[nH]ncc1C(=O)N[C@@H](CCO)c1ccc(C)cc1. The van der Waals surface area contributed by atoms with Gasteiger partial charge in [-0.1, -0.05) is 36.8 Å². The van der Waals surface area contributed by atoms with Crippen LogP contribution in [0.25, 0.3) is 0 Å². The van der Waals surface area contributed by atoms with E-state index in [1.165, 1.54) is 0 Å². The first kappa shape index (κ1) is 15.3. The Morgan fingerprint density at radius 1 is 1.38 bits per heavy atom. The first-order valence-corrected chi connectivity index (χ1v) is 7.16.